The van der Waals surface area contributed by atoms with Crippen molar-refractivity contribution in [2.75, 3.05) is 10.8 Å². The highest BCUT2D eigenvalue weighted by atomic mass is 35.5. The van der Waals surface area contributed by atoms with Gasteiger partial charge in [0.15, 0.2) is 4.71 Å². The zero-order valence-electron chi connectivity index (χ0n) is 8.37. The molecule has 0 radical (unpaired) electrons. The number of hydrogen-bond acceptors (Lipinski definition) is 2. The van der Waals surface area contributed by atoms with Crippen molar-refractivity contribution in [1.29, 1.82) is 0 Å². The third-order valence-corrected chi connectivity index (χ3v) is 3.78. The van der Waals surface area contributed by atoms with Gasteiger partial charge in [-0.25, -0.2) is 0 Å². The SMILES string of the molecule is O=C1C(Cl)SCN1c1ccc(C(F)(F)F)cc1. The van der Waals surface area contributed by atoms with Crippen LogP contribution in [0, 0.1) is 0 Å². The molecule has 2 rings (SSSR count). The predicted molar refractivity (Wildman–Crippen MR) is 61.0 cm³/mol. The molecular weight excluding hydrogens is 275 g/mol. The van der Waals surface area contributed by atoms with Crippen molar-refractivity contribution in [2.45, 2.75) is 10.9 Å². The van der Waals surface area contributed by atoms with Gasteiger partial charge in [-0.1, -0.05) is 0 Å². The van der Waals surface area contributed by atoms with Crippen LogP contribution in [-0.2, 0) is 11.0 Å². The quantitative estimate of drug-likeness (QED) is 0.736. The lowest BCUT2D eigenvalue weighted by Gasteiger charge is -2.15. The number of benzene rings is 1. The Balaban J connectivity index is 2.22. The molecule has 0 aliphatic carbocycles. The van der Waals surface area contributed by atoms with Crippen LogP contribution in [0.2, 0.25) is 0 Å². The second-order valence-corrected chi connectivity index (χ2v) is 5.18. The summed E-state index contributed by atoms with van der Waals surface area (Å²) in [6.45, 7) is 0. The molecule has 0 bridgehead atoms. The fraction of sp³-hybridized carbons (Fsp3) is 0.300. The van der Waals surface area contributed by atoms with Gasteiger partial charge in [0, 0.05) is 5.69 Å². The minimum atomic E-state index is -4.36. The van der Waals surface area contributed by atoms with Gasteiger partial charge in [0.1, 0.15) is 0 Å². The molecule has 1 amide bonds. The lowest BCUT2D eigenvalue weighted by atomic mass is 10.2. The smallest absolute Gasteiger partial charge is 0.301 e. The molecule has 0 spiro atoms. The lowest BCUT2D eigenvalue weighted by Crippen LogP contribution is -2.27. The molecule has 1 aromatic rings. The summed E-state index contributed by atoms with van der Waals surface area (Å²) in [5.41, 5.74) is -0.304. The molecule has 0 aromatic heterocycles. The zero-order valence-corrected chi connectivity index (χ0v) is 9.94. The highest BCUT2D eigenvalue weighted by Crippen LogP contribution is 2.34. The standard InChI is InChI=1S/C10H7ClF3NOS/c11-8-9(16)15(5-17-8)7-3-1-6(2-4-7)10(12,13)14/h1-4,8H,5H2. The largest absolute Gasteiger partial charge is 0.416 e. The van der Waals surface area contributed by atoms with Crippen LogP contribution in [0.25, 0.3) is 0 Å². The first-order valence-electron chi connectivity index (χ1n) is 4.64. The monoisotopic (exact) mass is 281 g/mol. The molecule has 1 aliphatic rings. The normalized spacial score (nSPS) is 21.1. The van der Waals surface area contributed by atoms with Gasteiger partial charge in [0.25, 0.3) is 5.91 Å². The van der Waals surface area contributed by atoms with Crippen LogP contribution < -0.4 is 4.90 Å². The third-order valence-electron chi connectivity index (χ3n) is 2.32. The minimum Gasteiger partial charge on any atom is -0.301 e. The third kappa shape index (κ3) is 2.52. The Hall–Kier alpha value is -0.880. The number of anilines is 1. The van der Waals surface area contributed by atoms with E-state index in [2.05, 4.69) is 0 Å². The lowest BCUT2D eigenvalue weighted by molar-refractivity contribution is -0.137. The summed E-state index contributed by atoms with van der Waals surface area (Å²) in [5, 5.41) is 0. The molecule has 2 nitrogen and oxygen atoms in total. The number of carbonyl (C=O) groups is 1. The first-order valence-corrected chi connectivity index (χ1v) is 6.12. The maximum absolute atomic E-state index is 12.3. The van der Waals surface area contributed by atoms with Gasteiger partial charge in [0.2, 0.25) is 0 Å². The number of carbonyl (C=O) groups excluding carboxylic acids is 1. The molecule has 1 aliphatic heterocycles. The maximum Gasteiger partial charge on any atom is 0.416 e. The van der Waals surface area contributed by atoms with Gasteiger partial charge >= 0.3 is 6.18 Å². The van der Waals surface area contributed by atoms with Crippen molar-refractivity contribution in [3.05, 3.63) is 29.8 Å². The summed E-state index contributed by atoms with van der Waals surface area (Å²) in [6, 6.07) is 4.45. The average Bonchev–Trinajstić information content (AvgIpc) is 2.59. The van der Waals surface area contributed by atoms with Crippen molar-refractivity contribution in [1.82, 2.24) is 0 Å². The number of thioether (sulfide) groups is 1. The average molecular weight is 282 g/mol. The number of halogens is 4. The van der Waals surface area contributed by atoms with Gasteiger partial charge in [-0.05, 0) is 24.3 Å². The van der Waals surface area contributed by atoms with Gasteiger partial charge in [-0.2, -0.15) is 13.2 Å². The van der Waals surface area contributed by atoms with Crippen LogP contribution >= 0.6 is 23.4 Å². The second kappa shape index (κ2) is 4.42. The van der Waals surface area contributed by atoms with E-state index in [4.69, 9.17) is 11.6 Å². The van der Waals surface area contributed by atoms with Crippen molar-refractivity contribution in [3.8, 4) is 0 Å². The van der Waals surface area contributed by atoms with Gasteiger partial charge in [-0.3, -0.25) is 4.79 Å². The zero-order chi connectivity index (χ0) is 12.6. The van der Waals surface area contributed by atoms with E-state index in [-0.39, 0.29) is 5.91 Å². The molecule has 1 fully saturated rings. The van der Waals surface area contributed by atoms with E-state index in [0.29, 0.717) is 11.6 Å². The van der Waals surface area contributed by atoms with E-state index in [0.717, 1.165) is 12.1 Å². The topological polar surface area (TPSA) is 20.3 Å². The molecule has 17 heavy (non-hydrogen) atoms. The van der Waals surface area contributed by atoms with Crippen LogP contribution in [0.15, 0.2) is 24.3 Å². The van der Waals surface area contributed by atoms with Gasteiger partial charge in [0.05, 0.1) is 11.4 Å². The first kappa shape index (κ1) is 12.6. The fourth-order valence-corrected chi connectivity index (χ4v) is 2.54. The summed E-state index contributed by atoms with van der Waals surface area (Å²) in [4.78, 5) is 12.9. The Labute approximate surface area is 105 Å². The summed E-state index contributed by atoms with van der Waals surface area (Å²) in [5.74, 6) is 0.0645. The summed E-state index contributed by atoms with van der Waals surface area (Å²) >= 11 is 6.94. The highest BCUT2D eigenvalue weighted by molar-refractivity contribution is 8.02. The summed E-state index contributed by atoms with van der Waals surface area (Å²) in [6.07, 6.45) is -4.36. The Morgan fingerprint density at radius 1 is 1.29 bits per heavy atom. The first-order chi connectivity index (χ1) is 7.89. The van der Waals surface area contributed by atoms with Crippen molar-refractivity contribution in [3.63, 3.8) is 0 Å². The molecular formula is C10H7ClF3NOS. The second-order valence-electron chi connectivity index (χ2n) is 3.42. The summed E-state index contributed by atoms with van der Waals surface area (Å²) in [7, 11) is 0. The van der Waals surface area contributed by atoms with Crippen molar-refractivity contribution >= 4 is 35.0 Å². The summed E-state index contributed by atoms with van der Waals surface area (Å²) < 4.78 is 36.3. The predicted octanol–water partition coefficient (Wildman–Crippen LogP) is 3.31. The van der Waals surface area contributed by atoms with E-state index in [1.807, 2.05) is 0 Å². The van der Waals surface area contributed by atoms with Crippen LogP contribution in [0.5, 0.6) is 0 Å². The van der Waals surface area contributed by atoms with Gasteiger partial charge < -0.3 is 4.90 Å². The van der Waals surface area contributed by atoms with E-state index in [9.17, 15) is 18.0 Å². The van der Waals surface area contributed by atoms with E-state index in [1.54, 1.807) is 0 Å². The van der Waals surface area contributed by atoms with Crippen LogP contribution in [-0.4, -0.2) is 16.5 Å². The minimum absolute atomic E-state index is 0.295. The van der Waals surface area contributed by atoms with E-state index in [1.165, 1.54) is 28.8 Å². The molecule has 1 aromatic carbocycles. The Morgan fingerprint density at radius 3 is 2.29 bits per heavy atom. The number of nitrogens with zero attached hydrogens (tertiary/aromatic N) is 1. The maximum atomic E-state index is 12.3. The van der Waals surface area contributed by atoms with Crippen molar-refractivity contribution in [2.24, 2.45) is 0 Å². The number of alkyl halides is 4. The van der Waals surface area contributed by atoms with E-state index < -0.39 is 16.4 Å². The molecule has 7 heteroatoms. The number of hydrogen-bond donors (Lipinski definition) is 0. The Bertz CT molecular complexity index is 434. The molecule has 1 atom stereocenters. The highest BCUT2D eigenvalue weighted by Gasteiger charge is 2.33. The molecule has 0 N–H and O–H groups in total. The number of rotatable bonds is 1. The van der Waals surface area contributed by atoms with Crippen LogP contribution in [0.1, 0.15) is 5.56 Å². The molecule has 1 heterocycles. The fourth-order valence-electron chi connectivity index (χ4n) is 1.43. The van der Waals surface area contributed by atoms with Crippen LogP contribution in [0.3, 0.4) is 0 Å². The molecule has 1 saturated heterocycles. The number of amides is 1. The van der Waals surface area contributed by atoms with Crippen LogP contribution in [0.4, 0.5) is 18.9 Å². The molecule has 0 saturated carbocycles. The van der Waals surface area contributed by atoms with E-state index >= 15 is 0 Å². The Morgan fingerprint density at radius 2 is 1.88 bits per heavy atom. The molecule has 92 valence electrons. The van der Waals surface area contributed by atoms with Crippen molar-refractivity contribution < 1.29 is 18.0 Å². The van der Waals surface area contributed by atoms with Gasteiger partial charge in [-0.15, -0.1) is 23.4 Å². The Kier molecular flexibility index (Phi) is 3.27. The molecule has 1 unspecified atom stereocenters.